The fourth-order valence-electron chi connectivity index (χ4n) is 2.64. The van der Waals surface area contributed by atoms with Crippen molar-refractivity contribution >= 4 is 29.1 Å². The van der Waals surface area contributed by atoms with E-state index < -0.39 is 16.7 Å². The zero-order valence-corrected chi connectivity index (χ0v) is 15.5. The lowest BCUT2D eigenvalue weighted by molar-refractivity contribution is -0.384. The molecule has 3 N–H and O–H groups in total. The second-order valence-corrected chi connectivity index (χ2v) is 6.73. The Balaban J connectivity index is 1.46. The lowest BCUT2D eigenvalue weighted by atomic mass is 10.2. The summed E-state index contributed by atoms with van der Waals surface area (Å²) in [7, 11) is 0. The van der Waals surface area contributed by atoms with Crippen LogP contribution < -0.4 is 16.0 Å². The number of nitrogens with one attached hydrogen (secondary N) is 3. The first kappa shape index (κ1) is 20.0. The van der Waals surface area contributed by atoms with Gasteiger partial charge in [-0.05, 0) is 36.6 Å². The summed E-state index contributed by atoms with van der Waals surface area (Å²) in [4.78, 5) is 46.0. The number of rotatable bonds is 8. The maximum absolute atomic E-state index is 12.1. The van der Waals surface area contributed by atoms with E-state index in [4.69, 9.17) is 0 Å². The van der Waals surface area contributed by atoms with E-state index in [2.05, 4.69) is 16.0 Å². The van der Waals surface area contributed by atoms with Crippen molar-refractivity contribution in [3.05, 3.63) is 69.8 Å². The Morgan fingerprint density at radius 1 is 1.03 bits per heavy atom. The Labute approximate surface area is 166 Å². The molecule has 0 spiro atoms. The van der Waals surface area contributed by atoms with Crippen LogP contribution in [0.15, 0.2) is 48.5 Å². The summed E-state index contributed by atoms with van der Waals surface area (Å²) < 4.78 is 0. The smallest absolute Gasteiger partial charge is 0.270 e. The van der Waals surface area contributed by atoms with E-state index in [0.717, 1.165) is 24.5 Å². The summed E-state index contributed by atoms with van der Waals surface area (Å²) in [5.74, 6) is -0.868. The van der Waals surface area contributed by atoms with Gasteiger partial charge >= 0.3 is 0 Å². The number of hydrogen-bond donors (Lipinski definition) is 3. The lowest BCUT2D eigenvalue weighted by Crippen LogP contribution is -2.36. The third kappa shape index (κ3) is 5.86. The molecule has 1 fully saturated rings. The van der Waals surface area contributed by atoms with Crippen molar-refractivity contribution in [1.82, 2.24) is 10.6 Å². The summed E-state index contributed by atoms with van der Waals surface area (Å²) in [5.41, 5.74) is 1.38. The summed E-state index contributed by atoms with van der Waals surface area (Å²) >= 11 is 0. The van der Waals surface area contributed by atoms with Gasteiger partial charge in [0, 0.05) is 35.8 Å². The van der Waals surface area contributed by atoms with Gasteiger partial charge in [0.1, 0.15) is 0 Å². The molecule has 0 aliphatic heterocycles. The number of amides is 3. The van der Waals surface area contributed by atoms with E-state index in [1.807, 2.05) is 6.07 Å². The van der Waals surface area contributed by atoms with Crippen LogP contribution in [0.1, 0.15) is 28.8 Å². The van der Waals surface area contributed by atoms with Crippen molar-refractivity contribution < 1.29 is 19.3 Å². The molecule has 2 aromatic rings. The maximum Gasteiger partial charge on any atom is 0.270 e. The second kappa shape index (κ2) is 8.96. The minimum atomic E-state index is -0.593. The van der Waals surface area contributed by atoms with Crippen LogP contribution >= 0.6 is 0 Å². The van der Waals surface area contributed by atoms with Gasteiger partial charge in [0.15, 0.2) is 0 Å². The van der Waals surface area contributed by atoms with Gasteiger partial charge in [-0.2, -0.15) is 0 Å². The molecular weight excluding hydrogens is 376 g/mol. The van der Waals surface area contributed by atoms with Crippen LogP contribution in [0, 0.1) is 16.0 Å². The molecule has 0 atom stereocenters. The fraction of sp³-hybridized carbons (Fsp3) is 0.250. The van der Waals surface area contributed by atoms with Crippen LogP contribution in [-0.4, -0.2) is 29.2 Å². The van der Waals surface area contributed by atoms with E-state index in [-0.39, 0.29) is 36.2 Å². The standard InChI is InChI=1S/C20H20N4O5/c25-18(12-22-19(26)15-4-2-6-17(10-15)24(28)29)21-11-13-3-1-5-16(9-13)23-20(27)14-7-8-14/h1-6,9-10,14H,7-8,11-12H2,(H,21,25)(H,22,26)(H,23,27). The number of anilines is 1. The molecule has 3 amide bonds. The number of benzene rings is 2. The van der Waals surface area contributed by atoms with Crippen LogP contribution in [0.3, 0.4) is 0 Å². The van der Waals surface area contributed by atoms with E-state index >= 15 is 0 Å². The number of hydrogen-bond acceptors (Lipinski definition) is 5. The van der Waals surface area contributed by atoms with Crippen molar-refractivity contribution in [2.24, 2.45) is 5.92 Å². The second-order valence-electron chi connectivity index (χ2n) is 6.73. The fourth-order valence-corrected chi connectivity index (χ4v) is 2.64. The van der Waals surface area contributed by atoms with Crippen molar-refractivity contribution in [3.63, 3.8) is 0 Å². The average Bonchev–Trinajstić information content (AvgIpc) is 3.56. The Kier molecular flexibility index (Phi) is 6.18. The molecule has 1 aliphatic rings. The molecule has 9 heteroatoms. The van der Waals surface area contributed by atoms with Gasteiger partial charge in [-0.15, -0.1) is 0 Å². The van der Waals surface area contributed by atoms with Crippen molar-refractivity contribution in [1.29, 1.82) is 0 Å². The number of nitro groups is 1. The predicted octanol–water partition coefficient (Wildman–Crippen LogP) is 1.99. The van der Waals surface area contributed by atoms with Gasteiger partial charge in [0.25, 0.3) is 11.6 Å². The number of carbonyl (C=O) groups excluding carboxylic acids is 3. The highest BCUT2D eigenvalue weighted by Gasteiger charge is 2.29. The number of nitrogens with zero attached hydrogens (tertiary/aromatic N) is 1. The molecule has 1 aliphatic carbocycles. The summed E-state index contributed by atoms with van der Waals surface area (Å²) in [5, 5.41) is 18.7. The molecule has 0 radical (unpaired) electrons. The number of carbonyl (C=O) groups is 3. The van der Waals surface area contributed by atoms with Gasteiger partial charge < -0.3 is 16.0 Å². The SMILES string of the molecule is O=C(CNC(=O)c1cccc([N+](=O)[O-])c1)NCc1cccc(NC(=O)C2CC2)c1. The molecule has 2 aromatic carbocycles. The molecule has 0 aromatic heterocycles. The predicted molar refractivity (Wildman–Crippen MR) is 105 cm³/mol. The number of non-ortho nitro benzene ring substituents is 1. The maximum atomic E-state index is 12.1. The molecular formula is C20H20N4O5. The van der Waals surface area contributed by atoms with E-state index in [1.165, 1.54) is 18.2 Å². The Morgan fingerprint density at radius 2 is 1.79 bits per heavy atom. The third-order valence-corrected chi connectivity index (χ3v) is 4.36. The normalized spacial score (nSPS) is 12.7. The molecule has 0 saturated heterocycles. The van der Waals surface area contributed by atoms with Crippen molar-refractivity contribution in [2.75, 3.05) is 11.9 Å². The van der Waals surface area contributed by atoms with E-state index in [1.54, 1.807) is 18.2 Å². The highest BCUT2D eigenvalue weighted by atomic mass is 16.6. The van der Waals surface area contributed by atoms with Gasteiger partial charge in [-0.25, -0.2) is 0 Å². The molecule has 0 heterocycles. The summed E-state index contributed by atoms with van der Waals surface area (Å²) in [6.45, 7) is -0.0295. The van der Waals surface area contributed by atoms with Crippen LogP contribution in [0.2, 0.25) is 0 Å². The zero-order chi connectivity index (χ0) is 20.8. The molecule has 29 heavy (non-hydrogen) atoms. The molecule has 150 valence electrons. The minimum Gasteiger partial charge on any atom is -0.350 e. The Morgan fingerprint density at radius 3 is 2.52 bits per heavy atom. The van der Waals surface area contributed by atoms with E-state index in [0.29, 0.717) is 5.69 Å². The zero-order valence-electron chi connectivity index (χ0n) is 15.5. The molecule has 1 saturated carbocycles. The van der Waals surface area contributed by atoms with Crippen LogP contribution in [0.25, 0.3) is 0 Å². The summed E-state index contributed by atoms with van der Waals surface area (Å²) in [6.07, 6.45) is 1.84. The first-order valence-electron chi connectivity index (χ1n) is 9.11. The quantitative estimate of drug-likeness (QED) is 0.464. The third-order valence-electron chi connectivity index (χ3n) is 4.36. The largest absolute Gasteiger partial charge is 0.350 e. The van der Waals surface area contributed by atoms with Gasteiger partial charge in [0.2, 0.25) is 11.8 Å². The van der Waals surface area contributed by atoms with Crippen LogP contribution in [0.4, 0.5) is 11.4 Å². The lowest BCUT2D eigenvalue weighted by Gasteiger charge is -2.09. The van der Waals surface area contributed by atoms with Gasteiger partial charge in [-0.1, -0.05) is 18.2 Å². The summed E-state index contributed by atoms with van der Waals surface area (Å²) in [6, 6.07) is 12.4. The Hall–Kier alpha value is -3.75. The molecule has 0 unspecified atom stereocenters. The molecule has 9 nitrogen and oxygen atoms in total. The topological polar surface area (TPSA) is 130 Å². The highest BCUT2D eigenvalue weighted by molar-refractivity contribution is 5.97. The monoisotopic (exact) mass is 396 g/mol. The molecule has 0 bridgehead atoms. The van der Waals surface area contributed by atoms with Crippen LogP contribution in [-0.2, 0) is 16.1 Å². The van der Waals surface area contributed by atoms with Crippen molar-refractivity contribution in [2.45, 2.75) is 19.4 Å². The first-order chi connectivity index (χ1) is 13.9. The minimum absolute atomic E-state index is 0.00930. The van der Waals surface area contributed by atoms with Crippen molar-refractivity contribution in [3.8, 4) is 0 Å². The van der Waals surface area contributed by atoms with Crippen LogP contribution in [0.5, 0.6) is 0 Å². The number of nitro benzene ring substituents is 1. The molecule has 3 rings (SSSR count). The Bertz CT molecular complexity index is 955. The van der Waals surface area contributed by atoms with Gasteiger partial charge in [-0.3, -0.25) is 24.5 Å². The average molecular weight is 396 g/mol. The van der Waals surface area contributed by atoms with E-state index in [9.17, 15) is 24.5 Å². The highest BCUT2D eigenvalue weighted by Crippen LogP contribution is 2.30. The first-order valence-corrected chi connectivity index (χ1v) is 9.11. The van der Waals surface area contributed by atoms with Gasteiger partial charge in [0.05, 0.1) is 11.5 Å².